The minimum atomic E-state index is 0.853. The van der Waals surface area contributed by atoms with Gasteiger partial charge < -0.3 is 16.0 Å². The average molecular weight is 207 g/mol. The molecular formula is C12H21N3. The highest BCUT2D eigenvalue weighted by Crippen LogP contribution is 2.23. The summed E-state index contributed by atoms with van der Waals surface area (Å²) in [6.07, 6.45) is 1.05. The number of nitrogens with zero attached hydrogens (tertiary/aromatic N) is 1. The summed E-state index contributed by atoms with van der Waals surface area (Å²) < 4.78 is 0. The number of anilines is 2. The fourth-order valence-corrected chi connectivity index (χ4v) is 1.54. The number of rotatable bonds is 5. The largest absolute Gasteiger partial charge is 0.397 e. The van der Waals surface area contributed by atoms with Crippen LogP contribution in [-0.4, -0.2) is 27.2 Å². The molecule has 15 heavy (non-hydrogen) atoms. The van der Waals surface area contributed by atoms with Gasteiger partial charge in [0.1, 0.15) is 0 Å². The highest BCUT2D eigenvalue weighted by atomic mass is 15.1. The maximum absolute atomic E-state index is 5.95. The van der Waals surface area contributed by atoms with Gasteiger partial charge in [0.05, 0.1) is 11.4 Å². The van der Waals surface area contributed by atoms with Crippen LogP contribution in [0.2, 0.25) is 0 Å². The number of hydrogen-bond donors (Lipinski definition) is 2. The molecular weight excluding hydrogens is 186 g/mol. The van der Waals surface area contributed by atoms with Crippen molar-refractivity contribution in [3.8, 4) is 0 Å². The van der Waals surface area contributed by atoms with Gasteiger partial charge in [-0.15, -0.1) is 0 Å². The van der Waals surface area contributed by atoms with Gasteiger partial charge in [-0.1, -0.05) is 13.0 Å². The van der Waals surface area contributed by atoms with Crippen molar-refractivity contribution in [1.82, 2.24) is 5.32 Å². The summed E-state index contributed by atoms with van der Waals surface area (Å²) in [5.74, 6) is 0. The van der Waals surface area contributed by atoms with Crippen LogP contribution in [0.4, 0.5) is 11.4 Å². The molecule has 0 atom stereocenters. The van der Waals surface area contributed by atoms with Crippen molar-refractivity contribution in [2.24, 2.45) is 0 Å². The number of benzene rings is 1. The molecule has 0 spiro atoms. The minimum absolute atomic E-state index is 0.853. The molecule has 1 aromatic carbocycles. The lowest BCUT2D eigenvalue weighted by Gasteiger charge is -2.21. The quantitative estimate of drug-likeness (QED) is 0.719. The van der Waals surface area contributed by atoms with Gasteiger partial charge in [-0.05, 0) is 31.2 Å². The van der Waals surface area contributed by atoms with Gasteiger partial charge in [0.2, 0.25) is 0 Å². The van der Waals surface area contributed by atoms with E-state index in [-0.39, 0.29) is 0 Å². The van der Waals surface area contributed by atoms with Crippen molar-refractivity contribution in [2.75, 3.05) is 37.8 Å². The first-order valence-electron chi connectivity index (χ1n) is 5.43. The van der Waals surface area contributed by atoms with Gasteiger partial charge in [-0.25, -0.2) is 0 Å². The van der Waals surface area contributed by atoms with Crippen LogP contribution in [0.25, 0.3) is 0 Å². The Kier molecular flexibility index (Phi) is 4.43. The lowest BCUT2D eigenvalue weighted by Crippen LogP contribution is -2.27. The lowest BCUT2D eigenvalue weighted by molar-refractivity contribution is 0.768. The Hall–Kier alpha value is -1.22. The third kappa shape index (κ3) is 3.13. The molecule has 0 aliphatic heterocycles. The van der Waals surface area contributed by atoms with Crippen molar-refractivity contribution < 1.29 is 0 Å². The van der Waals surface area contributed by atoms with E-state index in [1.165, 1.54) is 5.56 Å². The van der Waals surface area contributed by atoms with Crippen LogP contribution >= 0.6 is 0 Å². The summed E-state index contributed by atoms with van der Waals surface area (Å²) in [6, 6.07) is 6.25. The van der Waals surface area contributed by atoms with Crippen molar-refractivity contribution in [3.05, 3.63) is 23.8 Å². The summed E-state index contributed by atoms with van der Waals surface area (Å²) in [5.41, 5.74) is 9.27. The third-order valence-electron chi connectivity index (χ3n) is 2.61. The summed E-state index contributed by atoms with van der Waals surface area (Å²) in [4.78, 5) is 2.19. The van der Waals surface area contributed by atoms with Crippen LogP contribution in [0, 0.1) is 0 Å². The molecule has 0 aromatic heterocycles. The predicted octanol–water partition coefficient (Wildman–Crippen LogP) is 1.49. The molecule has 0 amide bonds. The molecule has 0 unspecified atom stereocenters. The van der Waals surface area contributed by atoms with Crippen molar-refractivity contribution in [1.29, 1.82) is 0 Å². The van der Waals surface area contributed by atoms with Crippen molar-refractivity contribution in [3.63, 3.8) is 0 Å². The molecule has 3 nitrogen and oxygen atoms in total. The van der Waals surface area contributed by atoms with E-state index in [4.69, 9.17) is 5.73 Å². The maximum Gasteiger partial charge on any atom is 0.0600 e. The number of likely N-dealkylation sites (N-methyl/N-ethyl adjacent to an activating group) is 2. The Balaban J connectivity index is 2.81. The molecule has 0 heterocycles. The molecule has 3 heteroatoms. The average Bonchev–Trinajstić information content (AvgIpc) is 2.26. The van der Waals surface area contributed by atoms with Crippen molar-refractivity contribution in [2.45, 2.75) is 13.3 Å². The monoisotopic (exact) mass is 207 g/mol. The topological polar surface area (TPSA) is 41.3 Å². The van der Waals surface area contributed by atoms with Crippen LogP contribution in [0.15, 0.2) is 18.2 Å². The molecule has 0 aliphatic rings. The molecule has 0 fully saturated rings. The number of nitrogens with two attached hydrogens (primary N) is 1. The minimum Gasteiger partial charge on any atom is -0.397 e. The van der Waals surface area contributed by atoms with Crippen LogP contribution in [0.5, 0.6) is 0 Å². The van der Waals surface area contributed by atoms with Gasteiger partial charge in [-0.2, -0.15) is 0 Å². The van der Waals surface area contributed by atoms with Crippen molar-refractivity contribution >= 4 is 11.4 Å². The highest BCUT2D eigenvalue weighted by Gasteiger charge is 2.05. The zero-order chi connectivity index (χ0) is 11.3. The second kappa shape index (κ2) is 5.61. The summed E-state index contributed by atoms with van der Waals surface area (Å²) in [5, 5.41) is 3.13. The Labute approximate surface area is 92.3 Å². The SMILES string of the molecule is CCc1ccc(N)c(N(C)CCNC)c1. The van der Waals surface area contributed by atoms with Gasteiger partial charge in [-0.3, -0.25) is 0 Å². The Morgan fingerprint density at radius 2 is 2.13 bits per heavy atom. The molecule has 0 saturated carbocycles. The van der Waals surface area contributed by atoms with Crippen LogP contribution in [0.3, 0.4) is 0 Å². The molecule has 1 rings (SSSR count). The van der Waals surface area contributed by atoms with E-state index < -0.39 is 0 Å². The molecule has 3 N–H and O–H groups in total. The maximum atomic E-state index is 5.95. The van der Waals surface area contributed by atoms with Crippen LogP contribution in [-0.2, 0) is 6.42 Å². The first kappa shape index (κ1) is 11.9. The van der Waals surface area contributed by atoms with Gasteiger partial charge >= 0.3 is 0 Å². The van der Waals surface area contributed by atoms with Crippen LogP contribution < -0.4 is 16.0 Å². The lowest BCUT2D eigenvalue weighted by atomic mass is 10.1. The number of nitrogen functional groups attached to an aromatic ring is 1. The number of aryl methyl sites for hydroxylation is 1. The van der Waals surface area contributed by atoms with E-state index in [0.29, 0.717) is 0 Å². The van der Waals surface area contributed by atoms with E-state index in [9.17, 15) is 0 Å². The van der Waals surface area contributed by atoms with E-state index in [2.05, 4.69) is 36.3 Å². The van der Waals surface area contributed by atoms with E-state index >= 15 is 0 Å². The molecule has 1 aromatic rings. The smallest absolute Gasteiger partial charge is 0.0600 e. The Morgan fingerprint density at radius 3 is 2.73 bits per heavy atom. The van der Waals surface area contributed by atoms with E-state index in [0.717, 1.165) is 30.9 Å². The molecule has 0 bridgehead atoms. The Morgan fingerprint density at radius 1 is 1.40 bits per heavy atom. The summed E-state index contributed by atoms with van der Waals surface area (Å²) in [7, 11) is 4.03. The van der Waals surface area contributed by atoms with Gasteiger partial charge in [0.25, 0.3) is 0 Å². The predicted molar refractivity (Wildman–Crippen MR) is 67.4 cm³/mol. The summed E-state index contributed by atoms with van der Waals surface area (Å²) >= 11 is 0. The summed E-state index contributed by atoms with van der Waals surface area (Å²) in [6.45, 7) is 4.09. The molecule has 0 radical (unpaired) electrons. The molecule has 0 aliphatic carbocycles. The van der Waals surface area contributed by atoms with E-state index in [1.807, 2.05) is 13.1 Å². The fourth-order valence-electron chi connectivity index (χ4n) is 1.54. The number of nitrogens with one attached hydrogen (secondary N) is 1. The van der Waals surface area contributed by atoms with Gasteiger partial charge in [0.15, 0.2) is 0 Å². The highest BCUT2D eigenvalue weighted by molar-refractivity contribution is 5.68. The third-order valence-corrected chi connectivity index (χ3v) is 2.61. The first-order chi connectivity index (χ1) is 7.19. The Bertz CT molecular complexity index is 310. The van der Waals surface area contributed by atoms with E-state index in [1.54, 1.807) is 0 Å². The zero-order valence-corrected chi connectivity index (χ0v) is 9.88. The normalized spacial score (nSPS) is 10.3. The van der Waals surface area contributed by atoms with Gasteiger partial charge in [0, 0.05) is 20.1 Å². The molecule has 0 saturated heterocycles. The molecule has 84 valence electrons. The first-order valence-corrected chi connectivity index (χ1v) is 5.43. The standard InChI is InChI=1S/C12H21N3/c1-4-10-5-6-11(13)12(9-10)15(3)8-7-14-2/h5-6,9,14H,4,7-8,13H2,1-3H3. The zero-order valence-electron chi connectivity index (χ0n) is 9.88. The second-order valence-corrected chi connectivity index (χ2v) is 3.77. The second-order valence-electron chi connectivity index (χ2n) is 3.77. The van der Waals surface area contributed by atoms with Crippen LogP contribution in [0.1, 0.15) is 12.5 Å². The number of hydrogen-bond acceptors (Lipinski definition) is 3. The fraction of sp³-hybridized carbons (Fsp3) is 0.500.